The van der Waals surface area contributed by atoms with Gasteiger partial charge in [0.05, 0.1) is 17.8 Å². The van der Waals surface area contributed by atoms with Gasteiger partial charge < -0.3 is 5.32 Å². The number of guanidine groups is 1. The molecule has 0 spiro atoms. The third-order valence-electron chi connectivity index (χ3n) is 2.74. The molecule has 2 rings (SSSR count). The van der Waals surface area contributed by atoms with Gasteiger partial charge in [0.25, 0.3) is 0 Å². The largest absolute Gasteiger partial charge is 0.327 e. The van der Waals surface area contributed by atoms with Gasteiger partial charge >= 0.3 is 0 Å². The van der Waals surface area contributed by atoms with Crippen LogP contribution in [-0.4, -0.2) is 18.2 Å². The lowest BCUT2D eigenvalue weighted by Crippen LogP contribution is -2.29. The molecule has 0 fully saturated rings. The van der Waals surface area contributed by atoms with Crippen LogP contribution in [0.4, 0.5) is 8.78 Å². The van der Waals surface area contributed by atoms with Crippen LogP contribution >= 0.6 is 11.6 Å². The van der Waals surface area contributed by atoms with E-state index in [1.807, 2.05) is 0 Å². The Morgan fingerprint density at radius 3 is 2.76 bits per heavy atom. The van der Waals surface area contributed by atoms with E-state index >= 15 is 0 Å². The van der Waals surface area contributed by atoms with Crippen molar-refractivity contribution in [2.75, 3.05) is 0 Å². The van der Waals surface area contributed by atoms with Crippen LogP contribution in [0.25, 0.3) is 0 Å². The summed E-state index contributed by atoms with van der Waals surface area (Å²) < 4.78 is 26.8. The minimum absolute atomic E-state index is 0.229. The minimum Gasteiger partial charge on any atom is -0.327 e. The van der Waals surface area contributed by atoms with E-state index in [1.165, 1.54) is 6.07 Å². The maximum absolute atomic E-state index is 13.4. The highest BCUT2D eigenvalue weighted by molar-refractivity contribution is 6.29. The average molecular weight is 311 g/mol. The Morgan fingerprint density at radius 2 is 2.14 bits per heavy atom. The lowest BCUT2D eigenvalue weighted by molar-refractivity contribution is 0.580. The number of nitrogens with zero attached hydrogens (tertiary/aromatic N) is 2. The number of hydrogen-bond acceptors (Lipinski definition) is 4. The first kappa shape index (κ1) is 15.2. The Hall–Kier alpha value is -2.21. The summed E-state index contributed by atoms with van der Waals surface area (Å²) in [4.78, 5) is 4.23. The molecule has 0 aliphatic carbocycles. The van der Waals surface area contributed by atoms with E-state index in [9.17, 15) is 8.78 Å². The fraction of sp³-hybridized carbons (Fsp3) is 0.143. The topological polar surface area (TPSA) is 48.8 Å². The van der Waals surface area contributed by atoms with Gasteiger partial charge in [-0.2, -0.15) is 5.10 Å². The van der Waals surface area contributed by atoms with E-state index in [4.69, 9.17) is 11.6 Å². The van der Waals surface area contributed by atoms with Crippen LogP contribution in [0.1, 0.15) is 12.0 Å². The first-order valence-electron chi connectivity index (χ1n) is 6.07. The molecular weight excluding hydrogens is 298 g/mol. The van der Waals surface area contributed by atoms with E-state index in [0.29, 0.717) is 23.1 Å². The highest BCUT2D eigenvalue weighted by Crippen LogP contribution is 2.18. The van der Waals surface area contributed by atoms with E-state index in [2.05, 4.69) is 34.0 Å². The first-order valence-corrected chi connectivity index (χ1v) is 6.45. The minimum atomic E-state index is -0.692. The Kier molecular flexibility index (Phi) is 4.70. The molecule has 1 aliphatic heterocycles. The smallest absolute Gasteiger partial charge is 0.217 e. The summed E-state index contributed by atoms with van der Waals surface area (Å²) in [6.07, 6.45) is 1.50. The number of rotatable bonds is 4. The third kappa shape index (κ3) is 3.88. The van der Waals surface area contributed by atoms with Gasteiger partial charge in [-0.05, 0) is 12.1 Å². The Bertz CT molecular complexity index is 620. The van der Waals surface area contributed by atoms with Crippen LogP contribution in [-0.2, 0) is 0 Å². The molecule has 1 aromatic rings. The van der Waals surface area contributed by atoms with Crippen molar-refractivity contribution in [2.45, 2.75) is 12.5 Å². The summed E-state index contributed by atoms with van der Waals surface area (Å²) in [5, 5.41) is 7.08. The predicted molar refractivity (Wildman–Crippen MR) is 80.2 cm³/mol. The molecule has 0 aromatic heterocycles. The van der Waals surface area contributed by atoms with E-state index in [-0.39, 0.29) is 11.6 Å². The normalized spacial score (nSPS) is 17.8. The van der Waals surface area contributed by atoms with Gasteiger partial charge in [0.15, 0.2) is 0 Å². The fourth-order valence-electron chi connectivity index (χ4n) is 1.73. The van der Waals surface area contributed by atoms with Gasteiger partial charge in [-0.25, -0.2) is 19.2 Å². The van der Waals surface area contributed by atoms with Crippen molar-refractivity contribution in [1.82, 2.24) is 10.7 Å². The monoisotopic (exact) mass is 310 g/mol. The van der Waals surface area contributed by atoms with Gasteiger partial charge in [0, 0.05) is 17.2 Å². The first-order chi connectivity index (χ1) is 9.97. The molecule has 110 valence electrons. The van der Waals surface area contributed by atoms with Crippen molar-refractivity contribution in [3.8, 4) is 0 Å². The quantitative estimate of drug-likeness (QED) is 0.663. The second-order valence-corrected chi connectivity index (χ2v) is 4.90. The van der Waals surface area contributed by atoms with Crippen LogP contribution in [0.3, 0.4) is 0 Å². The highest BCUT2D eigenvalue weighted by atomic mass is 35.5. The Morgan fingerprint density at radius 1 is 1.48 bits per heavy atom. The number of nitrogens with one attached hydrogen (secondary N) is 2. The fourth-order valence-corrected chi connectivity index (χ4v) is 1.88. The summed E-state index contributed by atoms with van der Waals surface area (Å²) >= 11 is 5.72. The summed E-state index contributed by atoms with van der Waals surface area (Å²) in [5.41, 5.74) is 2.98. The zero-order valence-corrected chi connectivity index (χ0v) is 11.8. The van der Waals surface area contributed by atoms with Crippen molar-refractivity contribution in [3.05, 3.63) is 59.3 Å². The molecule has 21 heavy (non-hydrogen) atoms. The standard InChI is InChI=1S/C14H13ClF2N4/c1-8(15)6-13-9(2)19-14(20-13)21-18-7-10-11(16)4-3-5-12(10)17/h3-5,7,13H,1-2,6H2,(H2,19,20,21)/b18-7+. The number of benzene rings is 1. The molecule has 0 amide bonds. The zero-order chi connectivity index (χ0) is 15.4. The molecule has 1 atom stereocenters. The third-order valence-corrected chi connectivity index (χ3v) is 2.90. The molecule has 2 N–H and O–H groups in total. The lowest BCUT2D eigenvalue weighted by atomic mass is 10.2. The molecule has 1 aromatic carbocycles. The summed E-state index contributed by atoms with van der Waals surface area (Å²) in [5.74, 6) is -1.05. The van der Waals surface area contributed by atoms with E-state index < -0.39 is 11.6 Å². The molecule has 0 saturated heterocycles. The molecule has 7 heteroatoms. The highest BCUT2D eigenvalue weighted by Gasteiger charge is 2.21. The molecule has 1 unspecified atom stereocenters. The number of hydrogen-bond donors (Lipinski definition) is 2. The Labute approximate surface area is 125 Å². The zero-order valence-electron chi connectivity index (χ0n) is 11.0. The summed E-state index contributed by atoms with van der Waals surface area (Å²) in [6, 6.07) is 3.35. The van der Waals surface area contributed by atoms with Gasteiger partial charge in [-0.1, -0.05) is 30.8 Å². The van der Waals surface area contributed by atoms with Crippen LogP contribution in [0, 0.1) is 11.6 Å². The SMILES string of the molecule is C=C(Cl)CC1N=C(N/N=C/c2c(F)cccc2F)NC1=C. The maximum atomic E-state index is 13.4. The van der Waals surface area contributed by atoms with Gasteiger partial charge in [0.1, 0.15) is 11.6 Å². The van der Waals surface area contributed by atoms with Crippen LogP contribution in [0.2, 0.25) is 0 Å². The second-order valence-electron chi connectivity index (χ2n) is 4.37. The van der Waals surface area contributed by atoms with Gasteiger partial charge in [0.2, 0.25) is 5.96 Å². The second kappa shape index (κ2) is 6.49. The maximum Gasteiger partial charge on any atom is 0.217 e. The molecule has 0 saturated carbocycles. The van der Waals surface area contributed by atoms with Crippen LogP contribution in [0.5, 0.6) is 0 Å². The van der Waals surface area contributed by atoms with E-state index in [1.54, 1.807) is 0 Å². The lowest BCUT2D eigenvalue weighted by Gasteiger charge is -2.05. The van der Waals surface area contributed by atoms with E-state index in [0.717, 1.165) is 18.3 Å². The van der Waals surface area contributed by atoms with Crippen LogP contribution < -0.4 is 10.7 Å². The van der Waals surface area contributed by atoms with Gasteiger partial charge in [-0.3, -0.25) is 0 Å². The molecule has 0 radical (unpaired) electrons. The molecule has 0 bridgehead atoms. The predicted octanol–water partition coefficient (Wildman–Crippen LogP) is 2.87. The number of halogens is 3. The molecule has 1 heterocycles. The molecular formula is C14H13ClF2N4. The van der Waals surface area contributed by atoms with Crippen molar-refractivity contribution in [3.63, 3.8) is 0 Å². The van der Waals surface area contributed by atoms with Crippen molar-refractivity contribution in [2.24, 2.45) is 10.1 Å². The molecule has 1 aliphatic rings. The summed E-state index contributed by atoms with van der Waals surface area (Å²) in [6.45, 7) is 7.39. The Balaban J connectivity index is 2.02. The average Bonchev–Trinajstić information content (AvgIpc) is 2.73. The number of hydrazone groups is 1. The van der Waals surface area contributed by atoms with Crippen molar-refractivity contribution in [1.29, 1.82) is 0 Å². The van der Waals surface area contributed by atoms with Crippen LogP contribution in [0.15, 0.2) is 52.2 Å². The number of aliphatic imine (C=N–C) groups is 1. The molecule has 4 nitrogen and oxygen atoms in total. The summed E-state index contributed by atoms with van der Waals surface area (Å²) in [7, 11) is 0. The van der Waals surface area contributed by atoms with Crippen molar-refractivity contribution >= 4 is 23.8 Å². The van der Waals surface area contributed by atoms with Crippen molar-refractivity contribution < 1.29 is 8.78 Å². The van der Waals surface area contributed by atoms with Gasteiger partial charge in [-0.15, -0.1) is 0 Å².